The smallest absolute Gasteiger partial charge is 0.343 e. The van der Waals surface area contributed by atoms with E-state index in [1.54, 1.807) is 17.5 Å². The second kappa shape index (κ2) is 3.25. The Bertz CT molecular complexity index is 264. The molecule has 1 aromatic rings. The van der Waals surface area contributed by atoms with Gasteiger partial charge in [0.05, 0.1) is 7.11 Å². The highest BCUT2D eigenvalue weighted by molar-refractivity contribution is 7.10. The molecular weight excluding hydrogens is 176 g/mol. The molecule has 0 amide bonds. The lowest BCUT2D eigenvalue weighted by molar-refractivity contribution is -0.161. The van der Waals surface area contributed by atoms with E-state index in [0.717, 1.165) is 0 Å². The third kappa shape index (κ3) is 1.49. The quantitative estimate of drug-likeness (QED) is 0.704. The number of rotatable bonds is 2. The Kier molecular flexibility index (Phi) is 2.49. The number of hydrogen-bond acceptors (Lipinski definition) is 4. The van der Waals surface area contributed by atoms with Gasteiger partial charge in [-0.15, -0.1) is 11.3 Å². The van der Waals surface area contributed by atoms with Gasteiger partial charge in [-0.1, -0.05) is 6.07 Å². The minimum absolute atomic E-state index is 0.592. The number of hydrogen-bond donors (Lipinski definition) is 1. The van der Waals surface area contributed by atoms with Crippen molar-refractivity contribution in [2.24, 2.45) is 0 Å². The SMILES string of the molecule is COC(=O)[C@](C)(O)c1cccs1. The Morgan fingerprint density at radius 3 is 2.83 bits per heavy atom. The molecule has 66 valence electrons. The molecule has 1 atom stereocenters. The Labute approximate surface area is 74.6 Å². The molecule has 0 saturated carbocycles. The van der Waals surface area contributed by atoms with E-state index in [9.17, 15) is 9.90 Å². The molecule has 0 aliphatic carbocycles. The van der Waals surface area contributed by atoms with Crippen molar-refractivity contribution in [1.29, 1.82) is 0 Å². The van der Waals surface area contributed by atoms with Gasteiger partial charge in [-0.3, -0.25) is 0 Å². The van der Waals surface area contributed by atoms with E-state index in [4.69, 9.17) is 0 Å². The van der Waals surface area contributed by atoms with Gasteiger partial charge in [0, 0.05) is 4.88 Å². The first kappa shape index (κ1) is 9.22. The highest BCUT2D eigenvalue weighted by Gasteiger charge is 2.34. The Hall–Kier alpha value is -0.870. The van der Waals surface area contributed by atoms with Crippen molar-refractivity contribution < 1.29 is 14.6 Å². The van der Waals surface area contributed by atoms with E-state index in [-0.39, 0.29) is 0 Å². The zero-order valence-electron chi connectivity index (χ0n) is 6.90. The highest BCUT2D eigenvalue weighted by atomic mass is 32.1. The molecule has 0 unspecified atom stereocenters. The Morgan fingerprint density at radius 1 is 1.75 bits per heavy atom. The molecule has 0 saturated heterocycles. The van der Waals surface area contributed by atoms with Crippen LogP contribution in [0.15, 0.2) is 17.5 Å². The first-order valence-corrected chi connectivity index (χ1v) is 4.31. The molecule has 0 fully saturated rings. The normalized spacial score (nSPS) is 15.2. The van der Waals surface area contributed by atoms with E-state index >= 15 is 0 Å². The molecule has 1 rings (SSSR count). The Balaban J connectivity index is 2.93. The van der Waals surface area contributed by atoms with E-state index in [1.807, 2.05) is 0 Å². The fourth-order valence-electron chi connectivity index (χ4n) is 0.855. The summed E-state index contributed by atoms with van der Waals surface area (Å²) in [5.41, 5.74) is -1.51. The fraction of sp³-hybridized carbons (Fsp3) is 0.375. The van der Waals surface area contributed by atoms with Gasteiger partial charge in [0.15, 0.2) is 5.60 Å². The average molecular weight is 186 g/mol. The fourth-order valence-corrected chi connectivity index (χ4v) is 1.63. The molecule has 0 spiro atoms. The van der Waals surface area contributed by atoms with Gasteiger partial charge in [-0.05, 0) is 18.4 Å². The summed E-state index contributed by atoms with van der Waals surface area (Å²) in [6.45, 7) is 1.42. The van der Waals surface area contributed by atoms with E-state index in [1.165, 1.54) is 25.4 Å². The van der Waals surface area contributed by atoms with Crippen molar-refractivity contribution in [3.8, 4) is 0 Å². The van der Waals surface area contributed by atoms with Gasteiger partial charge in [0.25, 0.3) is 0 Å². The van der Waals surface area contributed by atoms with Gasteiger partial charge < -0.3 is 9.84 Å². The molecule has 4 heteroatoms. The van der Waals surface area contributed by atoms with Crippen molar-refractivity contribution in [2.75, 3.05) is 7.11 Å². The molecule has 0 bridgehead atoms. The summed E-state index contributed by atoms with van der Waals surface area (Å²) in [7, 11) is 1.25. The predicted molar refractivity (Wildman–Crippen MR) is 45.9 cm³/mol. The van der Waals surface area contributed by atoms with Crippen molar-refractivity contribution in [2.45, 2.75) is 12.5 Å². The zero-order valence-corrected chi connectivity index (χ0v) is 7.72. The van der Waals surface area contributed by atoms with Crippen LogP contribution in [0.5, 0.6) is 0 Å². The molecule has 0 aliphatic heterocycles. The van der Waals surface area contributed by atoms with Crippen molar-refractivity contribution in [3.63, 3.8) is 0 Å². The number of esters is 1. The van der Waals surface area contributed by atoms with Gasteiger partial charge >= 0.3 is 5.97 Å². The summed E-state index contributed by atoms with van der Waals surface area (Å²) in [5, 5.41) is 11.5. The van der Waals surface area contributed by atoms with Crippen molar-refractivity contribution in [1.82, 2.24) is 0 Å². The largest absolute Gasteiger partial charge is 0.467 e. The number of carbonyl (C=O) groups excluding carboxylic acids is 1. The van der Waals surface area contributed by atoms with Crippen LogP contribution >= 0.6 is 11.3 Å². The van der Waals surface area contributed by atoms with Crippen LogP contribution in [0.2, 0.25) is 0 Å². The topological polar surface area (TPSA) is 46.5 Å². The van der Waals surface area contributed by atoms with Gasteiger partial charge in [0.2, 0.25) is 0 Å². The van der Waals surface area contributed by atoms with E-state index in [2.05, 4.69) is 4.74 Å². The lowest BCUT2D eigenvalue weighted by atomic mass is 10.1. The van der Waals surface area contributed by atoms with Crippen LogP contribution in [-0.2, 0) is 15.1 Å². The monoisotopic (exact) mass is 186 g/mol. The molecule has 12 heavy (non-hydrogen) atoms. The number of methoxy groups -OCH3 is 1. The molecule has 1 N–H and O–H groups in total. The van der Waals surface area contributed by atoms with E-state index < -0.39 is 11.6 Å². The summed E-state index contributed by atoms with van der Waals surface area (Å²) in [6, 6.07) is 3.47. The van der Waals surface area contributed by atoms with Crippen LogP contribution in [0.1, 0.15) is 11.8 Å². The number of ether oxygens (including phenoxy) is 1. The summed E-state index contributed by atoms with van der Waals surface area (Å²) < 4.78 is 4.46. The van der Waals surface area contributed by atoms with Gasteiger partial charge in [-0.2, -0.15) is 0 Å². The van der Waals surface area contributed by atoms with Crippen LogP contribution in [0.4, 0.5) is 0 Å². The average Bonchev–Trinajstić information content (AvgIpc) is 2.55. The van der Waals surface area contributed by atoms with Crippen LogP contribution in [0, 0.1) is 0 Å². The summed E-state index contributed by atoms with van der Waals surface area (Å²) in [4.78, 5) is 11.7. The molecular formula is C8H10O3S. The van der Waals surface area contributed by atoms with Crippen molar-refractivity contribution in [3.05, 3.63) is 22.4 Å². The maximum absolute atomic E-state index is 11.1. The number of thiophene rings is 1. The standard InChI is InChI=1S/C8H10O3S/c1-8(10,7(9)11-2)6-4-3-5-12-6/h3-5,10H,1-2H3/t8-/m1/s1. The minimum Gasteiger partial charge on any atom is -0.467 e. The van der Waals surface area contributed by atoms with Crippen molar-refractivity contribution >= 4 is 17.3 Å². The summed E-state index contributed by atoms with van der Waals surface area (Å²) in [5.74, 6) is -0.634. The second-order valence-electron chi connectivity index (χ2n) is 2.54. The van der Waals surface area contributed by atoms with Gasteiger partial charge in [0.1, 0.15) is 0 Å². The molecule has 0 aromatic carbocycles. The van der Waals surface area contributed by atoms with Crippen LogP contribution in [-0.4, -0.2) is 18.2 Å². The lowest BCUT2D eigenvalue weighted by Gasteiger charge is -2.17. The van der Waals surface area contributed by atoms with Crippen LogP contribution in [0.3, 0.4) is 0 Å². The Morgan fingerprint density at radius 2 is 2.42 bits per heavy atom. The maximum atomic E-state index is 11.1. The summed E-state index contributed by atoms with van der Waals surface area (Å²) >= 11 is 1.32. The molecule has 3 nitrogen and oxygen atoms in total. The predicted octanol–water partition coefficient (Wildman–Crippen LogP) is 1.13. The van der Waals surface area contributed by atoms with Gasteiger partial charge in [-0.25, -0.2) is 4.79 Å². The third-order valence-electron chi connectivity index (χ3n) is 1.58. The lowest BCUT2D eigenvalue weighted by Crippen LogP contribution is -2.32. The first-order valence-electron chi connectivity index (χ1n) is 3.44. The molecule has 1 aromatic heterocycles. The van der Waals surface area contributed by atoms with E-state index in [0.29, 0.717) is 4.88 Å². The maximum Gasteiger partial charge on any atom is 0.343 e. The first-order chi connectivity index (χ1) is 5.59. The highest BCUT2D eigenvalue weighted by Crippen LogP contribution is 2.25. The van der Waals surface area contributed by atoms with Crippen LogP contribution < -0.4 is 0 Å². The minimum atomic E-state index is -1.51. The number of carbonyl (C=O) groups is 1. The second-order valence-corrected chi connectivity index (χ2v) is 3.49. The summed E-state index contributed by atoms with van der Waals surface area (Å²) in [6.07, 6.45) is 0. The molecule has 0 radical (unpaired) electrons. The molecule has 1 heterocycles. The zero-order chi connectivity index (χ0) is 9.19. The van der Waals surface area contributed by atoms with Crippen LogP contribution in [0.25, 0.3) is 0 Å². The third-order valence-corrected chi connectivity index (χ3v) is 2.66. The molecule has 0 aliphatic rings. The number of aliphatic hydroxyl groups is 1.